The van der Waals surface area contributed by atoms with E-state index in [2.05, 4.69) is 46.3 Å². The Kier molecular flexibility index (Phi) is 28.2. The summed E-state index contributed by atoms with van der Waals surface area (Å²) in [6, 6.07) is 4.15. The number of guanidine groups is 2. The van der Waals surface area contributed by atoms with Crippen molar-refractivity contribution in [2.24, 2.45) is 44.4 Å². The van der Waals surface area contributed by atoms with Crippen LogP contribution in [0.1, 0.15) is 109 Å². The molecule has 0 aliphatic heterocycles. The molecule has 1 aromatic carbocycles. The average Bonchev–Trinajstić information content (AvgIpc) is 3.27. The van der Waals surface area contributed by atoms with Gasteiger partial charge in [-0.2, -0.15) is 0 Å². The van der Waals surface area contributed by atoms with E-state index in [1.807, 2.05) is 6.07 Å². The number of aromatic nitrogens is 1. The van der Waals surface area contributed by atoms with E-state index in [0.717, 1.165) is 44.0 Å². The molecule has 3 atom stereocenters. The third-order valence-electron chi connectivity index (χ3n) is 10.5. The van der Waals surface area contributed by atoms with E-state index in [1.165, 1.54) is 0 Å². The Hall–Kier alpha value is -5.65. The highest BCUT2D eigenvalue weighted by atomic mass is 32.2. The number of carbonyl (C=O) groups excluding carboxylic acids is 5. The molecule has 0 radical (unpaired) electrons. The zero-order valence-corrected chi connectivity index (χ0v) is 39.1. The highest BCUT2D eigenvalue weighted by Gasteiger charge is 2.26. The number of primary amides is 1. The van der Waals surface area contributed by atoms with Crippen molar-refractivity contribution in [3.05, 3.63) is 36.7 Å². The van der Waals surface area contributed by atoms with Crippen molar-refractivity contribution in [1.82, 2.24) is 36.3 Å². The molecule has 0 saturated carbocycles. The summed E-state index contributed by atoms with van der Waals surface area (Å²) in [5.74, 6) is -2.34. The van der Waals surface area contributed by atoms with Gasteiger partial charge in [0, 0.05) is 68.7 Å². The minimum atomic E-state index is -3.66. The lowest BCUT2D eigenvalue weighted by Crippen LogP contribution is -2.53. The maximum Gasteiger partial charge on any atom is 0.243 e. The number of aliphatic imine (C=N–C) groups is 2. The summed E-state index contributed by atoms with van der Waals surface area (Å²) < 4.78 is 28.4. The monoisotopic (exact) mass is 946 g/mol. The van der Waals surface area contributed by atoms with Crippen molar-refractivity contribution in [1.29, 1.82) is 0 Å². The molecular formula is C43H75N15O7S. The second-order valence-corrected chi connectivity index (χ2v) is 17.7. The van der Waals surface area contributed by atoms with E-state index in [-0.39, 0.29) is 73.4 Å². The SMILES string of the molecule is NCCCC[C@@H](NC(=O)CCCCCCCNCCNS(=O)(=O)c1cccc2cnccc12)C(=O)NCCCCCC(=O)N[C@H](CCCN=C(N)N)C(=O)N[C@H](CCCN=C(N)N)C(N)=O. The van der Waals surface area contributed by atoms with Gasteiger partial charge in [0.25, 0.3) is 0 Å². The summed E-state index contributed by atoms with van der Waals surface area (Å²) in [5, 5.41) is 15.8. The number of unbranched alkanes of at least 4 members (excludes halogenated alkanes) is 7. The van der Waals surface area contributed by atoms with Crippen molar-refractivity contribution in [3.63, 3.8) is 0 Å². The molecule has 0 unspecified atom stereocenters. The van der Waals surface area contributed by atoms with Crippen LogP contribution in [0.5, 0.6) is 0 Å². The third kappa shape index (κ3) is 24.6. The summed E-state index contributed by atoms with van der Waals surface area (Å²) in [6.45, 7) is 2.81. The number of pyridine rings is 1. The molecule has 1 heterocycles. The van der Waals surface area contributed by atoms with E-state index in [4.69, 9.17) is 34.4 Å². The fraction of sp³-hybridized carbons (Fsp3) is 0.628. The van der Waals surface area contributed by atoms with E-state index in [9.17, 15) is 32.4 Å². The van der Waals surface area contributed by atoms with Crippen molar-refractivity contribution in [2.45, 2.75) is 132 Å². The van der Waals surface area contributed by atoms with Gasteiger partial charge in [0.2, 0.25) is 39.6 Å². The molecule has 5 amide bonds. The van der Waals surface area contributed by atoms with Crippen LogP contribution in [0, 0.1) is 0 Å². The molecule has 22 nitrogen and oxygen atoms in total. The minimum Gasteiger partial charge on any atom is -0.370 e. The first-order chi connectivity index (χ1) is 31.6. The Morgan fingerprint density at radius 2 is 1.18 bits per heavy atom. The molecule has 0 bridgehead atoms. The number of nitrogens with two attached hydrogens (primary N) is 6. The van der Waals surface area contributed by atoms with Gasteiger partial charge in [0.05, 0.1) is 4.90 Å². The lowest BCUT2D eigenvalue weighted by Gasteiger charge is -2.22. The van der Waals surface area contributed by atoms with Crippen LogP contribution in [-0.4, -0.2) is 119 Å². The molecule has 0 aliphatic carbocycles. The molecule has 370 valence electrons. The fourth-order valence-corrected chi connectivity index (χ4v) is 8.18. The Morgan fingerprint density at radius 1 is 0.606 bits per heavy atom. The molecule has 2 rings (SSSR count). The van der Waals surface area contributed by atoms with Gasteiger partial charge in [-0.3, -0.25) is 38.9 Å². The number of sulfonamides is 1. The van der Waals surface area contributed by atoms with Crippen molar-refractivity contribution in [3.8, 4) is 0 Å². The molecule has 1 aromatic heterocycles. The maximum absolute atomic E-state index is 13.2. The number of amides is 5. The number of hydrogen-bond donors (Lipinski definition) is 12. The number of nitrogens with one attached hydrogen (secondary N) is 6. The van der Waals surface area contributed by atoms with Crippen LogP contribution in [0.3, 0.4) is 0 Å². The standard InChI is InChI=1S/C43H75N15O7S/c44-22-8-7-15-34(56-37(59)19-5-2-1-3-9-23-50-28-29-55-66(64,65)36-18-11-14-31-30-51-27-21-32(31)36)40(62)52-24-10-4-6-20-38(60)57-35(17-13-26-54-43(48)49)41(63)58-33(39(45)61)16-12-25-53-42(46)47/h11,14,18,21,27,30,33-35,50,55H,1-10,12-13,15-17,19-20,22-26,28-29,44H2,(H2,45,61)(H,52,62)(H,56,59)(H,57,60)(H,58,63)(H4,46,47,53)(H4,48,49,54)/t33-,34-,35-/m1/s1. The summed E-state index contributed by atoms with van der Waals surface area (Å²) in [6.07, 6.45) is 12.7. The lowest BCUT2D eigenvalue weighted by atomic mass is 10.1. The Bertz CT molecular complexity index is 1960. The van der Waals surface area contributed by atoms with Gasteiger partial charge in [-0.05, 0) is 95.9 Å². The zero-order chi connectivity index (χ0) is 48.6. The molecule has 2 aromatic rings. The van der Waals surface area contributed by atoms with Gasteiger partial charge in [0.1, 0.15) is 18.1 Å². The highest BCUT2D eigenvalue weighted by Crippen LogP contribution is 2.21. The molecule has 0 fully saturated rings. The normalized spacial score (nSPS) is 12.6. The van der Waals surface area contributed by atoms with Crippen molar-refractivity contribution >= 4 is 62.3 Å². The van der Waals surface area contributed by atoms with Crippen LogP contribution in [0.25, 0.3) is 10.8 Å². The van der Waals surface area contributed by atoms with Crippen LogP contribution in [0.4, 0.5) is 0 Å². The van der Waals surface area contributed by atoms with Gasteiger partial charge in [-0.25, -0.2) is 13.1 Å². The topological polar surface area (TPSA) is 385 Å². The smallest absolute Gasteiger partial charge is 0.243 e. The van der Waals surface area contributed by atoms with Crippen LogP contribution in [-0.2, 0) is 34.0 Å². The fourth-order valence-electron chi connectivity index (χ4n) is 6.92. The van der Waals surface area contributed by atoms with E-state index in [0.29, 0.717) is 82.8 Å². The summed E-state index contributed by atoms with van der Waals surface area (Å²) in [5.41, 5.74) is 32.7. The molecule has 66 heavy (non-hydrogen) atoms. The summed E-state index contributed by atoms with van der Waals surface area (Å²) in [4.78, 5) is 76.1. The van der Waals surface area contributed by atoms with E-state index >= 15 is 0 Å². The van der Waals surface area contributed by atoms with Gasteiger partial charge in [-0.15, -0.1) is 0 Å². The van der Waals surface area contributed by atoms with Gasteiger partial charge < -0.3 is 61.0 Å². The van der Waals surface area contributed by atoms with E-state index in [1.54, 1.807) is 30.6 Å². The number of fused-ring (bicyclic) bond motifs is 1. The van der Waals surface area contributed by atoms with Crippen LogP contribution < -0.4 is 65.7 Å². The molecular weight excluding hydrogens is 871 g/mol. The van der Waals surface area contributed by atoms with Gasteiger partial charge in [0.15, 0.2) is 11.9 Å². The number of carbonyl (C=O) groups is 5. The van der Waals surface area contributed by atoms with Gasteiger partial charge in [-0.1, -0.05) is 37.8 Å². The summed E-state index contributed by atoms with van der Waals surface area (Å²) in [7, 11) is -3.66. The maximum atomic E-state index is 13.2. The number of benzene rings is 1. The predicted molar refractivity (Wildman–Crippen MR) is 257 cm³/mol. The first kappa shape index (κ1) is 56.5. The molecule has 18 N–H and O–H groups in total. The Morgan fingerprint density at radius 3 is 1.82 bits per heavy atom. The average molecular weight is 946 g/mol. The second-order valence-electron chi connectivity index (χ2n) is 16.0. The predicted octanol–water partition coefficient (Wildman–Crippen LogP) is -0.704. The molecule has 0 spiro atoms. The van der Waals surface area contributed by atoms with Crippen LogP contribution in [0.15, 0.2) is 51.5 Å². The van der Waals surface area contributed by atoms with Crippen molar-refractivity contribution < 1.29 is 32.4 Å². The lowest BCUT2D eigenvalue weighted by molar-refractivity contribution is -0.131. The second kappa shape index (κ2) is 32.9. The summed E-state index contributed by atoms with van der Waals surface area (Å²) >= 11 is 0. The van der Waals surface area contributed by atoms with E-state index < -0.39 is 40.0 Å². The molecule has 23 heteroatoms. The number of rotatable bonds is 37. The quantitative estimate of drug-likeness (QED) is 0.0226. The first-order valence-corrected chi connectivity index (χ1v) is 24.4. The number of nitrogens with zero attached hydrogens (tertiary/aromatic N) is 3. The minimum absolute atomic E-state index is 0.0954. The Labute approximate surface area is 388 Å². The van der Waals surface area contributed by atoms with Crippen LogP contribution in [0.2, 0.25) is 0 Å². The van der Waals surface area contributed by atoms with Crippen molar-refractivity contribution in [2.75, 3.05) is 45.8 Å². The van der Waals surface area contributed by atoms with Gasteiger partial charge >= 0.3 is 0 Å². The Balaban J connectivity index is 1.67. The zero-order valence-electron chi connectivity index (χ0n) is 38.2. The largest absolute Gasteiger partial charge is 0.370 e. The number of hydrogen-bond acceptors (Lipinski definition) is 12. The molecule has 0 saturated heterocycles. The third-order valence-corrected chi connectivity index (χ3v) is 12.0. The molecule has 0 aliphatic rings. The highest BCUT2D eigenvalue weighted by molar-refractivity contribution is 7.89. The van der Waals surface area contributed by atoms with Crippen LogP contribution >= 0.6 is 0 Å². The first-order valence-electron chi connectivity index (χ1n) is 22.9.